The van der Waals surface area contributed by atoms with Crippen LogP contribution < -0.4 is 5.73 Å². The Labute approximate surface area is 122 Å². The Morgan fingerprint density at radius 1 is 0.800 bits per heavy atom. The molecule has 1 unspecified atom stereocenters. The summed E-state index contributed by atoms with van der Waals surface area (Å²) in [7, 11) is 0. The minimum absolute atomic E-state index is 0.201. The molecule has 4 nitrogen and oxygen atoms in total. The number of hydrogen-bond acceptors (Lipinski definition) is 3. The van der Waals surface area contributed by atoms with E-state index in [9.17, 15) is 4.79 Å². The monoisotopic (exact) mass is 279 g/mol. The maximum absolute atomic E-state index is 12.2. The number of rotatable bonds is 2. The molecule has 20 heavy (non-hydrogen) atoms. The van der Waals surface area contributed by atoms with Crippen LogP contribution in [-0.2, 0) is 4.79 Å². The standard InChI is InChI=1S/C16H29N3O/c17-15-7-4-10-19(16(15)20)14-8-11-18(12-9-14)13-5-2-1-3-6-13/h13-15H,1-12,17H2. The second-order valence-electron chi connectivity index (χ2n) is 6.84. The molecule has 0 bridgehead atoms. The first-order valence-electron chi connectivity index (χ1n) is 8.56. The predicted molar refractivity (Wildman–Crippen MR) is 80.4 cm³/mol. The van der Waals surface area contributed by atoms with Crippen molar-refractivity contribution in [3.05, 3.63) is 0 Å². The number of nitrogens with two attached hydrogens (primary N) is 1. The van der Waals surface area contributed by atoms with Crippen LogP contribution in [0, 0.1) is 0 Å². The number of hydrogen-bond donors (Lipinski definition) is 1. The molecule has 2 aliphatic heterocycles. The van der Waals surface area contributed by atoms with Crippen molar-refractivity contribution in [3.63, 3.8) is 0 Å². The fourth-order valence-electron chi connectivity index (χ4n) is 4.30. The van der Waals surface area contributed by atoms with E-state index in [1.807, 2.05) is 0 Å². The van der Waals surface area contributed by atoms with E-state index in [1.54, 1.807) is 0 Å². The molecule has 3 rings (SSSR count). The molecule has 0 aromatic heterocycles. The second-order valence-corrected chi connectivity index (χ2v) is 6.84. The zero-order valence-corrected chi connectivity index (χ0v) is 12.6. The maximum atomic E-state index is 12.2. The molecule has 3 fully saturated rings. The van der Waals surface area contributed by atoms with Gasteiger partial charge in [0.2, 0.25) is 5.91 Å². The molecule has 0 radical (unpaired) electrons. The normalized spacial score (nSPS) is 31.8. The van der Waals surface area contributed by atoms with Crippen molar-refractivity contribution in [1.82, 2.24) is 9.80 Å². The third kappa shape index (κ3) is 3.01. The molecule has 1 atom stereocenters. The summed E-state index contributed by atoms with van der Waals surface area (Å²) in [6, 6.07) is 1.04. The molecule has 0 spiro atoms. The Hall–Kier alpha value is -0.610. The highest BCUT2D eigenvalue weighted by Gasteiger charge is 2.34. The van der Waals surface area contributed by atoms with Crippen LogP contribution in [0.1, 0.15) is 57.8 Å². The lowest BCUT2D eigenvalue weighted by atomic mass is 9.91. The molecule has 0 aromatic carbocycles. The largest absolute Gasteiger partial charge is 0.338 e. The maximum Gasteiger partial charge on any atom is 0.239 e. The molecule has 0 aromatic rings. The molecular weight excluding hydrogens is 250 g/mol. The average Bonchev–Trinajstić information content (AvgIpc) is 2.51. The first-order chi connectivity index (χ1) is 9.75. The van der Waals surface area contributed by atoms with E-state index >= 15 is 0 Å². The molecule has 1 amide bonds. The van der Waals surface area contributed by atoms with E-state index < -0.39 is 0 Å². The highest BCUT2D eigenvalue weighted by Crippen LogP contribution is 2.27. The molecule has 3 aliphatic rings. The quantitative estimate of drug-likeness (QED) is 0.837. The summed E-state index contributed by atoms with van der Waals surface area (Å²) in [4.78, 5) is 17.0. The van der Waals surface area contributed by atoms with Crippen LogP contribution in [0.3, 0.4) is 0 Å². The number of nitrogens with zero attached hydrogens (tertiary/aromatic N) is 2. The van der Waals surface area contributed by atoms with Gasteiger partial charge < -0.3 is 15.5 Å². The van der Waals surface area contributed by atoms with Crippen LogP contribution in [0.2, 0.25) is 0 Å². The molecule has 1 saturated carbocycles. The first kappa shape index (κ1) is 14.3. The van der Waals surface area contributed by atoms with Crippen LogP contribution >= 0.6 is 0 Å². The summed E-state index contributed by atoms with van der Waals surface area (Å²) in [5.41, 5.74) is 5.92. The fourth-order valence-corrected chi connectivity index (χ4v) is 4.30. The first-order valence-corrected chi connectivity index (χ1v) is 8.56. The minimum Gasteiger partial charge on any atom is -0.338 e. The smallest absolute Gasteiger partial charge is 0.239 e. The van der Waals surface area contributed by atoms with E-state index in [1.165, 1.54) is 45.2 Å². The van der Waals surface area contributed by atoms with Crippen LogP contribution in [0.25, 0.3) is 0 Å². The van der Waals surface area contributed by atoms with Gasteiger partial charge in [-0.2, -0.15) is 0 Å². The van der Waals surface area contributed by atoms with E-state index in [0.29, 0.717) is 6.04 Å². The van der Waals surface area contributed by atoms with Gasteiger partial charge in [0, 0.05) is 31.7 Å². The molecule has 2 N–H and O–H groups in total. The van der Waals surface area contributed by atoms with Gasteiger partial charge in [0.15, 0.2) is 0 Å². The van der Waals surface area contributed by atoms with Gasteiger partial charge in [0.1, 0.15) is 0 Å². The number of likely N-dealkylation sites (tertiary alicyclic amines) is 2. The summed E-state index contributed by atoms with van der Waals surface area (Å²) >= 11 is 0. The van der Waals surface area contributed by atoms with E-state index in [2.05, 4.69) is 9.80 Å². The SMILES string of the molecule is NC1CCCN(C2CCN(C3CCCCC3)CC2)C1=O. The number of amides is 1. The Morgan fingerprint density at radius 2 is 1.50 bits per heavy atom. The fraction of sp³-hybridized carbons (Fsp3) is 0.938. The average molecular weight is 279 g/mol. The van der Waals surface area contributed by atoms with Crippen molar-refractivity contribution in [2.75, 3.05) is 19.6 Å². The third-order valence-corrected chi connectivity index (χ3v) is 5.55. The Kier molecular flexibility index (Phi) is 4.61. The van der Waals surface area contributed by atoms with Crippen molar-refractivity contribution < 1.29 is 4.79 Å². The lowest BCUT2D eigenvalue weighted by Gasteiger charge is -2.44. The van der Waals surface area contributed by atoms with Crippen molar-refractivity contribution in [3.8, 4) is 0 Å². The molecule has 2 saturated heterocycles. The molecule has 1 aliphatic carbocycles. The summed E-state index contributed by atoms with van der Waals surface area (Å²) in [6.45, 7) is 3.28. The van der Waals surface area contributed by atoms with E-state index in [4.69, 9.17) is 5.73 Å². The molecule has 2 heterocycles. The number of piperidine rings is 2. The van der Waals surface area contributed by atoms with Gasteiger partial charge in [-0.05, 0) is 38.5 Å². The molecule has 114 valence electrons. The van der Waals surface area contributed by atoms with Gasteiger partial charge in [0.25, 0.3) is 0 Å². The van der Waals surface area contributed by atoms with Gasteiger partial charge in [-0.15, -0.1) is 0 Å². The van der Waals surface area contributed by atoms with Crippen molar-refractivity contribution in [2.45, 2.75) is 75.9 Å². The van der Waals surface area contributed by atoms with Crippen molar-refractivity contribution in [1.29, 1.82) is 0 Å². The van der Waals surface area contributed by atoms with Crippen molar-refractivity contribution >= 4 is 5.91 Å². The lowest BCUT2D eigenvalue weighted by molar-refractivity contribution is -0.138. The van der Waals surface area contributed by atoms with Gasteiger partial charge in [0.05, 0.1) is 6.04 Å². The van der Waals surface area contributed by atoms with Crippen LogP contribution in [0.5, 0.6) is 0 Å². The summed E-state index contributed by atoms with van der Waals surface area (Å²) in [5.74, 6) is 0.201. The van der Waals surface area contributed by atoms with Crippen LogP contribution in [-0.4, -0.2) is 53.5 Å². The molecular formula is C16H29N3O. The van der Waals surface area contributed by atoms with Gasteiger partial charge >= 0.3 is 0 Å². The van der Waals surface area contributed by atoms with E-state index in [0.717, 1.165) is 38.3 Å². The second kappa shape index (κ2) is 6.44. The van der Waals surface area contributed by atoms with Crippen molar-refractivity contribution in [2.24, 2.45) is 5.73 Å². The van der Waals surface area contributed by atoms with Crippen LogP contribution in [0.15, 0.2) is 0 Å². The molecule has 4 heteroatoms. The Bertz CT molecular complexity index is 333. The summed E-state index contributed by atoms with van der Waals surface area (Å²) < 4.78 is 0. The lowest BCUT2D eigenvalue weighted by Crippen LogP contribution is -2.56. The minimum atomic E-state index is -0.236. The predicted octanol–water partition coefficient (Wildman–Crippen LogP) is 1.73. The number of carbonyl (C=O) groups is 1. The Morgan fingerprint density at radius 3 is 2.20 bits per heavy atom. The zero-order chi connectivity index (χ0) is 13.9. The Balaban J connectivity index is 1.51. The summed E-state index contributed by atoms with van der Waals surface area (Å²) in [5, 5.41) is 0. The van der Waals surface area contributed by atoms with Gasteiger partial charge in [-0.3, -0.25) is 4.79 Å². The topological polar surface area (TPSA) is 49.6 Å². The number of carbonyl (C=O) groups excluding carboxylic acids is 1. The highest BCUT2D eigenvalue weighted by atomic mass is 16.2. The van der Waals surface area contributed by atoms with Crippen LogP contribution in [0.4, 0.5) is 0 Å². The zero-order valence-electron chi connectivity index (χ0n) is 12.6. The highest BCUT2D eigenvalue weighted by molar-refractivity contribution is 5.82. The summed E-state index contributed by atoms with van der Waals surface area (Å²) in [6.07, 6.45) is 11.3. The van der Waals surface area contributed by atoms with Gasteiger partial charge in [-0.1, -0.05) is 19.3 Å². The van der Waals surface area contributed by atoms with Gasteiger partial charge in [-0.25, -0.2) is 0 Å². The third-order valence-electron chi connectivity index (χ3n) is 5.55. The van der Waals surface area contributed by atoms with E-state index in [-0.39, 0.29) is 11.9 Å².